The van der Waals surface area contributed by atoms with E-state index in [2.05, 4.69) is 21.9 Å². The number of esters is 1. The molecule has 0 rings (SSSR count). The van der Waals surface area contributed by atoms with Gasteiger partial charge in [-0.2, -0.15) is 0 Å². The van der Waals surface area contributed by atoms with E-state index in [0.717, 1.165) is 13.1 Å². The summed E-state index contributed by atoms with van der Waals surface area (Å²) < 4.78 is 4.66. The number of rotatable bonds is 14. The van der Waals surface area contributed by atoms with Crippen LogP contribution in [0.5, 0.6) is 0 Å². The van der Waals surface area contributed by atoms with Gasteiger partial charge in [-0.05, 0) is 33.7 Å². The van der Waals surface area contributed by atoms with E-state index in [4.69, 9.17) is 20.1 Å². The molecule has 31 heavy (non-hydrogen) atoms. The molecule has 13 heteroatoms. The minimum absolute atomic E-state index is 0. The average molecular weight is 589 g/mol. The summed E-state index contributed by atoms with van der Waals surface area (Å²) in [6, 6.07) is 0. The Kier molecular flexibility index (Phi) is 33.2. The summed E-state index contributed by atoms with van der Waals surface area (Å²) in [6.45, 7) is 9.35. The molecule has 185 valence electrons. The van der Waals surface area contributed by atoms with E-state index < -0.39 is 11.9 Å². The number of carboxylic acids is 2. The summed E-state index contributed by atoms with van der Waals surface area (Å²) in [5.74, 6) is -1.97. The number of nitrogens with one attached hydrogen (secondary N) is 1. The first kappa shape index (κ1) is 37.6. The number of hydrogen-bond acceptors (Lipinski definition) is 9. The quantitative estimate of drug-likeness (QED) is 0.111. The Morgan fingerprint density at radius 3 is 1.94 bits per heavy atom. The number of carbonyl (C=O) groups is 4. The Morgan fingerprint density at radius 1 is 1.03 bits per heavy atom. The fraction of sp³-hybridized carbons (Fsp3) is 0.722. The molecular weight excluding hydrogens is 552 g/mol. The van der Waals surface area contributed by atoms with Crippen molar-refractivity contribution < 1.29 is 88.6 Å². The first-order valence-corrected chi connectivity index (χ1v) is 9.31. The zero-order chi connectivity index (χ0) is 23.9. The summed E-state index contributed by atoms with van der Waals surface area (Å²) in [4.78, 5) is 45.7. The van der Waals surface area contributed by atoms with Crippen LogP contribution in [0.25, 0.3) is 0 Å². The normalized spacial score (nSPS) is 9.68. The molecule has 0 atom stereocenters. The summed E-state index contributed by atoms with van der Waals surface area (Å²) in [5, 5.41) is 26.2. The number of methoxy groups -OCH3 is 1. The SMILES string of the molecule is CCN(C)C[CH-]N(CCN(C)CC(=O)O)CC(=O)OC.CCNCC(=O)O.O=CO.[Eu]. The van der Waals surface area contributed by atoms with Gasteiger partial charge in [0.25, 0.3) is 6.47 Å². The number of aliphatic carboxylic acids is 2. The number of carbonyl (C=O) groups excluding carboxylic acids is 1. The van der Waals surface area contributed by atoms with Crippen molar-refractivity contribution >= 4 is 24.4 Å². The maximum absolute atomic E-state index is 11.4. The molecule has 0 spiro atoms. The van der Waals surface area contributed by atoms with Crippen LogP contribution in [-0.4, -0.2) is 128 Å². The van der Waals surface area contributed by atoms with E-state index in [9.17, 15) is 14.4 Å². The van der Waals surface area contributed by atoms with Crippen LogP contribution < -0.4 is 5.32 Å². The number of ether oxygens (including phenoxy) is 1. The summed E-state index contributed by atoms with van der Waals surface area (Å²) >= 11 is 0. The molecule has 0 aromatic heterocycles. The van der Waals surface area contributed by atoms with Gasteiger partial charge in [-0.15, -0.1) is 6.54 Å². The van der Waals surface area contributed by atoms with Crippen molar-refractivity contribution in [2.24, 2.45) is 0 Å². The van der Waals surface area contributed by atoms with Gasteiger partial charge in [0.2, 0.25) is 0 Å². The molecule has 0 aliphatic heterocycles. The van der Waals surface area contributed by atoms with E-state index in [1.165, 1.54) is 7.11 Å². The third-order valence-corrected chi connectivity index (χ3v) is 3.45. The smallest absolute Gasteiger partial charge is 0.317 e. The van der Waals surface area contributed by atoms with Crippen molar-refractivity contribution in [3.8, 4) is 0 Å². The molecule has 1 radical (unpaired) electrons. The monoisotopic (exact) mass is 590 g/mol. The third kappa shape index (κ3) is 34.1. The third-order valence-electron chi connectivity index (χ3n) is 3.45. The van der Waals surface area contributed by atoms with Crippen molar-refractivity contribution in [3.05, 3.63) is 6.54 Å². The number of likely N-dealkylation sites (N-methyl/N-ethyl adjacent to an activating group) is 3. The Balaban J connectivity index is -0.000000277. The zero-order valence-electron chi connectivity index (χ0n) is 18.9. The Morgan fingerprint density at radius 2 is 1.58 bits per heavy atom. The molecule has 4 N–H and O–H groups in total. The van der Waals surface area contributed by atoms with E-state index >= 15 is 0 Å². The minimum atomic E-state index is -0.860. The molecule has 0 aliphatic carbocycles. The topological polar surface area (TPSA) is 160 Å². The van der Waals surface area contributed by atoms with Crippen molar-refractivity contribution in [2.75, 3.05) is 73.6 Å². The first-order chi connectivity index (χ1) is 14.1. The maximum atomic E-state index is 11.4. The van der Waals surface area contributed by atoms with Crippen molar-refractivity contribution in [1.82, 2.24) is 20.0 Å². The second-order valence-corrected chi connectivity index (χ2v) is 6.00. The number of carboxylic acid groups (broad SMARTS) is 3. The zero-order valence-corrected chi connectivity index (χ0v) is 21.3. The van der Waals surface area contributed by atoms with Gasteiger partial charge in [-0.3, -0.25) is 30.6 Å². The van der Waals surface area contributed by atoms with Gasteiger partial charge in [-0.1, -0.05) is 13.8 Å². The van der Waals surface area contributed by atoms with E-state index in [-0.39, 0.29) is 81.5 Å². The van der Waals surface area contributed by atoms with Crippen molar-refractivity contribution in [2.45, 2.75) is 13.8 Å². The second kappa shape index (κ2) is 27.3. The standard InChI is InChI=1S/C13H26N3O4.C4H9NO2.CH2O2.Eu/c1-5-14(2)6-8-16(11-13(19)20-4)9-7-15(3)10-12(17)18;1-2-5-3-4(6)7;2-1-3;/h8H,5-7,9-11H2,1-4H3,(H,17,18);5H,2-3H2,1H3,(H,6,7);1H,(H,2,3);/q-1;;;. The van der Waals surface area contributed by atoms with Crippen LogP contribution in [0.2, 0.25) is 0 Å². The fourth-order valence-corrected chi connectivity index (χ4v) is 1.69. The molecule has 0 heterocycles. The molecule has 0 aromatic rings. The van der Waals surface area contributed by atoms with Crippen LogP contribution in [0.1, 0.15) is 13.8 Å². The predicted octanol–water partition coefficient (Wildman–Crippen LogP) is -1.03. The summed E-state index contributed by atoms with van der Waals surface area (Å²) in [7, 11) is 5.08. The number of hydrogen-bond donors (Lipinski definition) is 4. The molecule has 12 nitrogen and oxygen atoms in total. The summed E-state index contributed by atoms with van der Waals surface area (Å²) in [6.07, 6.45) is 0. The van der Waals surface area contributed by atoms with Gasteiger partial charge in [0, 0.05) is 55.9 Å². The molecular formula is C18H37EuN4O8-. The molecule has 0 saturated carbocycles. The van der Waals surface area contributed by atoms with Gasteiger partial charge >= 0.3 is 17.9 Å². The van der Waals surface area contributed by atoms with Crippen LogP contribution in [0.3, 0.4) is 0 Å². The van der Waals surface area contributed by atoms with Crippen molar-refractivity contribution in [1.29, 1.82) is 0 Å². The van der Waals surface area contributed by atoms with Gasteiger partial charge in [-0.25, -0.2) is 0 Å². The molecule has 0 bridgehead atoms. The molecule has 0 unspecified atom stereocenters. The second-order valence-electron chi connectivity index (χ2n) is 6.00. The van der Waals surface area contributed by atoms with Gasteiger partial charge in [0.15, 0.2) is 0 Å². The van der Waals surface area contributed by atoms with E-state index in [1.54, 1.807) is 11.9 Å². The fourth-order valence-electron chi connectivity index (χ4n) is 1.69. The maximum Gasteiger partial charge on any atom is 0.317 e. The predicted molar refractivity (Wildman–Crippen MR) is 111 cm³/mol. The Bertz CT molecular complexity index is 472. The van der Waals surface area contributed by atoms with Crippen LogP contribution in [0.15, 0.2) is 0 Å². The van der Waals surface area contributed by atoms with E-state index in [0.29, 0.717) is 19.6 Å². The van der Waals surface area contributed by atoms with Gasteiger partial charge in [0.1, 0.15) is 0 Å². The van der Waals surface area contributed by atoms with Gasteiger partial charge < -0.3 is 35.2 Å². The minimum Gasteiger partial charge on any atom is -0.483 e. The molecule has 0 saturated heterocycles. The first-order valence-electron chi connectivity index (χ1n) is 9.31. The van der Waals surface area contributed by atoms with E-state index in [1.807, 2.05) is 25.4 Å². The number of nitrogens with zero attached hydrogens (tertiary/aromatic N) is 3. The molecule has 0 fully saturated rings. The molecule has 0 aliphatic rings. The van der Waals surface area contributed by atoms with Crippen LogP contribution in [0.4, 0.5) is 0 Å². The Labute approximate surface area is 225 Å². The van der Waals surface area contributed by atoms with Crippen LogP contribution in [-0.2, 0) is 23.9 Å². The molecule has 0 amide bonds. The largest absolute Gasteiger partial charge is 0.483 e. The summed E-state index contributed by atoms with van der Waals surface area (Å²) in [5.41, 5.74) is 0. The van der Waals surface area contributed by atoms with Crippen LogP contribution >= 0.6 is 0 Å². The molecule has 0 aromatic carbocycles. The van der Waals surface area contributed by atoms with Crippen LogP contribution in [0, 0.1) is 55.9 Å². The van der Waals surface area contributed by atoms with Crippen molar-refractivity contribution in [3.63, 3.8) is 0 Å². The Hall–Kier alpha value is -0.696. The van der Waals surface area contributed by atoms with Gasteiger partial charge in [0.05, 0.1) is 26.7 Å². The average Bonchev–Trinajstić information content (AvgIpc) is 2.68.